The van der Waals surface area contributed by atoms with Crippen molar-refractivity contribution < 1.29 is 0 Å². The van der Waals surface area contributed by atoms with Gasteiger partial charge in [0.05, 0.1) is 6.16 Å². The molecule has 0 aromatic carbocycles. The zero-order valence-corrected chi connectivity index (χ0v) is 9.32. The molecule has 1 aliphatic rings. The molecule has 1 aliphatic carbocycles. The van der Waals surface area contributed by atoms with Crippen LogP contribution in [0.15, 0.2) is 0 Å². The van der Waals surface area contributed by atoms with Crippen LogP contribution in [0.3, 0.4) is 0 Å². The fraction of sp³-hybridized carbons (Fsp3) is 1.00. The molecule has 0 heterocycles. The summed E-state index contributed by atoms with van der Waals surface area (Å²) < 4.78 is 0. The van der Waals surface area contributed by atoms with Gasteiger partial charge in [0.1, 0.15) is 0 Å². The van der Waals surface area contributed by atoms with Crippen LogP contribution in [0.5, 0.6) is 0 Å². The van der Waals surface area contributed by atoms with Gasteiger partial charge in [0.2, 0.25) is 0 Å². The zero-order chi connectivity index (χ0) is 8.48. The van der Waals surface area contributed by atoms with Gasteiger partial charge in [-0.25, -0.2) is 0 Å². The van der Waals surface area contributed by atoms with Crippen molar-refractivity contribution in [2.45, 2.75) is 26.2 Å². The van der Waals surface area contributed by atoms with Crippen molar-refractivity contribution in [2.75, 3.05) is 26.2 Å². The molecular formula is C10H22P+. The summed E-state index contributed by atoms with van der Waals surface area (Å²) in [6.07, 6.45) is 6.05. The highest BCUT2D eigenvalue weighted by Gasteiger charge is 2.29. The standard InChI is InChI=1S/C10H22P/c1-9-5-6-10(7-9)8-11(2,3)4/h9-10H,5-8H2,1-4H3/q+1. The van der Waals surface area contributed by atoms with E-state index in [9.17, 15) is 0 Å². The largest absolute Gasteiger partial charge is 0.0625 e. The molecule has 0 bridgehead atoms. The Balaban J connectivity index is 2.29. The van der Waals surface area contributed by atoms with Crippen molar-refractivity contribution in [1.82, 2.24) is 0 Å². The van der Waals surface area contributed by atoms with E-state index < -0.39 is 7.26 Å². The molecule has 1 heteroatoms. The number of hydrogen-bond donors (Lipinski definition) is 0. The van der Waals surface area contributed by atoms with Gasteiger partial charge in [-0.3, -0.25) is 0 Å². The summed E-state index contributed by atoms with van der Waals surface area (Å²) in [4.78, 5) is 0. The maximum absolute atomic E-state index is 2.47. The first kappa shape index (κ1) is 9.52. The van der Waals surface area contributed by atoms with E-state index in [1.807, 2.05) is 0 Å². The molecule has 1 rings (SSSR count). The van der Waals surface area contributed by atoms with Crippen LogP contribution >= 0.6 is 7.26 Å². The molecule has 0 aromatic rings. The third kappa shape index (κ3) is 3.56. The summed E-state index contributed by atoms with van der Waals surface area (Å²) in [5.74, 6) is 2.10. The normalized spacial score (nSPS) is 32.7. The monoisotopic (exact) mass is 173 g/mol. The summed E-state index contributed by atoms with van der Waals surface area (Å²) >= 11 is 0. The van der Waals surface area contributed by atoms with Gasteiger partial charge in [0, 0.05) is 27.3 Å². The Morgan fingerprint density at radius 2 is 1.82 bits per heavy atom. The van der Waals surface area contributed by atoms with Crippen LogP contribution in [0.2, 0.25) is 0 Å². The van der Waals surface area contributed by atoms with Crippen LogP contribution in [-0.4, -0.2) is 26.2 Å². The molecular weight excluding hydrogens is 151 g/mol. The average Bonchev–Trinajstić information content (AvgIpc) is 2.10. The summed E-state index contributed by atoms with van der Waals surface area (Å²) in [6, 6.07) is 0. The van der Waals surface area contributed by atoms with Gasteiger partial charge >= 0.3 is 0 Å². The molecule has 66 valence electrons. The predicted octanol–water partition coefficient (Wildman–Crippen LogP) is 3.33. The quantitative estimate of drug-likeness (QED) is 0.562. The lowest BCUT2D eigenvalue weighted by molar-refractivity contribution is 0.559. The van der Waals surface area contributed by atoms with E-state index in [2.05, 4.69) is 26.9 Å². The van der Waals surface area contributed by atoms with Crippen molar-refractivity contribution in [3.63, 3.8) is 0 Å². The van der Waals surface area contributed by atoms with Crippen molar-refractivity contribution in [3.05, 3.63) is 0 Å². The minimum absolute atomic E-state index is 0.491. The van der Waals surface area contributed by atoms with Gasteiger partial charge < -0.3 is 0 Å². The first-order valence-corrected chi connectivity index (χ1v) is 8.09. The van der Waals surface area contributed by atoms with Gasteiger partial charge in [-0.1, -0.05) is 13.3 Å². The lowest BCUT2D eigenvalue weighted by atomic mass is 10.1. The van der Waals surface area contributed by atoms with Crippen LogP contribution < -0.4 is 0 Å². The Bertz CT molecular complexity index is 123. The van der Waals surface area contributed by atoms with Crippen LogP contribution in [0.1, 0.15) is 26.2 Å². The Morgan fingerprint density at radius 1 is 1.18 bits per heavy atom. The lowest BCUT2D eigenvalue weighted by Crippen LogP contribution is -2.04. The average molecular weight is 173 g/mol. The second-order valence-corrected chi connectivity index (χ2v) is 10.2. The molecule has 0 aromatic heterocycles. The second-order valence-electron chi connectivity index (χ2n) is 5.26. The molecule has 0 radical (unpaired) electrons. The predicted molar refractivity (Wildman–Crippen MR) is 56.1 cm³/mol. The summed E-state index contributed by atoms with van der Waals surface area (Å²) in [6.45, 7) is 9.81. The van der Waals surface area contributed by atoms with E-state index in [0.717, 1.165) is 11.8 Å². The van der Waals surface area contributed by atoms with E-state index in [0.29, 0.717) is 0 Å². The van der Waals surface area contributed by atoms with E-state index in [-0.39, 0.29) is 0 Å². The van der Waals surface area contributed by atoms with Crippen molar-refractivity contribution in [1.29, 1.82) is 0 Å². The van der Waals surface area contributed by atoms with Gasteiger partial charge in [-0.2, -0.15) is 0 Å². The summed E-state index contributed by atoms with van der Waals surface area (Å²) in [5.41, 5.74) is 0. The third-order valence-corrected chi connectivity index (χ3v) is 4.22. The molecule has 0 amide bonds. The smallest absolute Gasteiger partial charge is 0.0614 e. The van der Waals surface area contributed by atoms with E-state index in [4.69, 9.17) is 0 Å². The fourth-order valence-corrected chi connectivity index (χ4v) is 4.15. The molecule has 0 spiro atoms. The Labute approximate surface area is 72.1 Å². The van der Waals surface area contributed by atoms with Crippen molar-refractivity contribution in [3.8, 4) is 0 Å². The maximum atomic E-state index is 2.47. The highest BCUT2D eigenvalue weighted by atomic mass is 31.2. The summed E-state index contributed by atoms with van der Waals surface area (Å²) in [5, 5.41) is 0. The first-order valence-electron chi connectivity index (χ1n) is 4.78. The first-order chi connectivity index (χ1) is 4.97. The molecule has 0 nitrogen and oxygen atoms in total. The molecule has 11 heavy (non-hydrogen) atoms. The molecule has 1 fully saturated rings. The minimum Gasteiger partial charge on any atom is -0.0625 e. The topological polar surface area (TPSA) is 0 Å². The van der Waals surface area contributed by atoms with Gasteiger partial charge in [0.25, 0.3) is 0 Å². The zero-order valence-electron chi connectivity index (χ0n) is 8.43. The second kappa shape index (κ2) is 3.44. The van der Waals surface area contributed by atoms with Crippen molar-refractivity contribution in [2.24, 2.45) is 11.8 Å². The molecule has 0 saturated heterocycles. The Kier molecular flexibility index (Phi) is 2.97. The van der Waals surface area contributed by atoms with Crippen LogP contribution in [0.25, 0.3) is 0 Å². The molecule has 0 N–H and O–H groups in total. The van der Waals surface area contributed by atoms with Crippen molar-refractivity contribution >= 4 is 7.26 Å². The molecule has 0 aliphatic heterocycles. The number of rotatable bonds is 2. The van der Waals surface area contributed by atoms with Crippen LogP contribution in [0, 0.1) is 11.8 Å². The van der Waals surface area contributed by atoms with Gasteiger partial charge in [0.15, 0.2) is 0 Å². The SMILES string of the molecule is CC1CCC(C[P+](C)(C)C)C1. The van der Waals surface area contributed by atoms with Gasteiger partial charge in [-0.05, 0) is 24.7 Å². The minimum atomic E-state index is -0.491. The molecule has 2 unspecified atom stereocenters. The van der Waals surface area contributed by atoms with Crippen LogP contribution in [0.4, 0.5) is 0 Å². The maximum Gasteiger partial charge on any atom is 0.0614 e. The summed E-state index contributed by atoms with van der Waals surface area (Å²) in [7, 11) is -0.491. The fourth-order valence-electron chi connectivity index (χ4n) is 2.27. The van der Waals surface area contributed by atoms with E-state index in [1.165, 1.54) is 25.4 Å². The molecule has 2 atom stereocenters. The van der Waals surface area contributed by atoms with Crippen LogP contribution in [-0.2, 0) is 0 Å². The lowest BCUT2D eigenvalue weighted by Gasteiger charge is -2.16. The Hall–Kier alpha value is 0.430. The highest BCUT2D eigenvalue weighted by Crippen LogP contribution is 2.51. The highest BCUT2D eigenvalue weighted by molar-refractivity contribution is 7.73. The third-order valence-electron chi connectivity index (χ3n) is 2.61. The van der Waals surface area contributed by atoms with E-state index >= 15 is 0 Å². The van der Waals surface area contributed by atoms with E-state index in [1.54, 1.807) is 0 Å². The Morgan fingerprint density at radius 3 is 2.18 bits per heavy atom. The molecule has 1 saturated carbocycles. The number of hydrogen-bond acceptors (Lipinski definition) is 0. The van der Waals surface area contributed by atoms with Gasteiger partial charge in [-0.15, -0.1) is 0 Å².